The van der Waals surface area contributed by atoms with Crippen molar-refractivity contribution in [1.82, 2.24) is 20.9 Å². The summed E-state index contributed by atoms with van der Waals surface area (Å²) >= 11 is 0. The molecule has 1 aromatic rings. The molecule has 1 aromatic carbocycles. The first kappa shape index (κ1) is 32.3. The van der Waals surface area contributed by atoms with Crippen LogP contribution in [-0.4, -0.2) is 63.3 Å². The van der Waals surface area contributed by atoms with Gasteiger partial charge in [0.05, 0.1) is 5.54 Å². The van der Waals surface area contributed by atoms with Crippen LogP contribution in [0.25, 0.3) is 0 Å². The summed E-state index contributed by atoms with van der Waals surface area (Å²) in [7, 11) is 3.53. The van der Waals surface area contributed by atoms with Gasteiger partial charge >= 0.3 is 6.03 Å². The predicted molar refractivity (Wildman–Crippen MR) is 154 cm³/mol. The summed E-state index contributed by atoms with van der Waals surface area (Å²) in [5, 5.41) is 9.62. The van der Waals surface area contributed by atoms with Crippen molar-refractivity contribution >= 4 is 11.9 Å². The molecule has 0 bridgehead atoms. The highest BCUT2D eigenvalue weighted by atomic mass is 19.2. The van der Waals surface area contributed by atoms with E-state index in [0.29, 0.717) is 51.4 Å². The molecule has 3 amide bonds. The number of ether oxygens (including phenoxy) is 1. The molecule has 1 aliphatic carbocycles. The Kier molecular flexibility index (Phi) is 13.1. The van der Waals surface area contributed by atoms with Crippen LogP contribution < -0.4 is 16.0 Å². The number of methoxy groups -OCH3 is 1. The van der Waals surface area contributed by atoms with Gasteiger partial charge in [-0.25, -0.2) is 13.6 Å². The molecule has 7 nitrogen and oxygen atoms in total. The number of urea groups is 1. The van der Waals surface area contributed by atoms with Crippen molar-refractivity contribution in [1.29, 1.82) is 0 Å². The lowest BCUT2D eigenvalue weighted by Crippen LogP contribution is -2.58. The Morgan fingerprint density at radius 3 is 2.60 bits per heavy atom. The summed E-state index contributed by atoms with van der Waals surface area (Å²) in [6.45, 7) is 3.93. The molecule has 0 aromatic heterocycles. The maximum absolute atomic E-state index is 15.5. The predicted octanol–water partition coefficient (Wildman–Crippen LogP) is 5.48. The van der Waals surface area contributed by atoms with Crippen LogP contribution in [0.3, 0.4) is 0 Å². The second-order valence-electron chi connectivity index (χ2n) is 11.7. The second kappa shape index (κ2) is 16.2. The van der Waals surface area contributed by atoms with E-state index < -0.39 is 17.2 Å². The van der Waals surface area contributed by atoms with Gasteiger partial charge in [0.25, 0.3) is 0 Å². The highest BCUT2D eigenvalue weighted by molar-refractivity contribution is 5.77. The quantitative estimate of drug-likeness (QED) is 0.261. The molecule has 3 rings (SSSR count). The number of benzene rings is 1. The minimum absolute atomic E-state index is 0.0280. The van der Waals surface area contributed by atoms with E-state index in [2.05, 4.69) is 16.0 Å². The zero-order valence-corrected chi connectivity index (χ0v) is 24.7. The summed E-state index contributed by atoms with van der Waals surface area (Å²) in [4.78, 5) is 28.3. The molecule has 1 saturated heterocycles. The Balaban J connectivity index is 1.86. The number of hydrogen-bond acceptors (Lipinski definition) is 4. The molecule has 1 heterocycles. The Morgan fingerprint density at radius 1 is 1.12 bits per heavy atom. The molecule has 3 N–H and O–H groups in total. The van der Waals surface area contributed by atoms with E-state index >= 15 is 4.39 Å². The standard InChI is InChI=1S/C31H50F2N4O3/c1-4-28(38)36-31(17-8-9-19-40-3,26-15-10-16-27(32)29(26)33)24-14-11-18-37(22-24)30(39)35-25(21-34-2)20-23-12-6-5-7-13-23/h10,15-16,23-25,34H,4-9,11-14,17-22H2,1-3H3,(H,35,39)(H,36,38)/t24-,25+,31+/m1/s1. The van der Waals surface area contributed by atoms with Gasteiger partial charge in [-0.05, 0) is 57.6 Å². The third kappa shape index (κ3) is 8.62. The van der Waals surface area contributed by atoms with Crippen LogP contribution >= 0.6 is 0 Å². The molecule has 0 unspecified atom stereocenters. The van der Waals surface area contributed by atoms with Crippen molar-refractivity contribution in [2.75, 3.05) is 40.4 Å². The fraction of sp³-hybridized carbons (Fsp3) is 0.742. The summed E-state index contributed by atoms with van der Waals surface area (Å²) < 4.78 is 35.3. The minimum Gasteiger partial charge on any atom is -0.385 e. The topological polar surface area (TPSA) is 82.7 Å². The van der Waals surface area contributed by atoms with Crippen LogP contribution in [0, 0.1) is 23.5 Å². The van der Waals surface area contributed by atoms with E-state index in [1.165, 1.54) is 38.2 Å². The maximum atomic E-state index is 15.5. The highest BCUT2D eigenvalue weighted by Gasteiger charge is 2.45. The van der Waals surface area contributed by atoms with Gasteiger partial charge in [0, 0.05) is 57.3 Å². The number of hydrogen-bond donors (Lipinski definition) is 3. The summed E-state index contributed by atoms with van der Waals surface area (Å²) in [5.74, 6) is -1.75. The molecule has 3 atom stereocenters. The molecule has 0 radical (unpaired) electrons. The maximum Gasteiger partial charge on any atom is 0.317 e. The number of likely N-dealkylation sites (N-methyl/N-ethyl adjacent to an activating group) is 1. The Hall–Kier alpha value is -2.26. The van der Waals surface area contributed by atoms with E-state index in [-0.39, 0.29) is 35.9 Å². The fourth-order valence-electron chi connectivity index (χ4n) is 6.72. The highest BCUT2D eigenvalue weighted by Crippen LogP contribution is 2.41. The number of nitrogens with zero attached hydrogens (tertiary/aromatic N) is 1. The molecular formula is C31H50F2N4O3. The number of rotatable bonds is 14. The fourth-order valence-corrected chi connectivity index (χ4v) is 6.72. The van der Waals surface area contributed by atoms with Crippen LogP contribution in [0.1, 0.15) is 89.5 Å². The van der Waals surface area contributed by atoms with Crippen LogP contribution in [0.4, 0.5) is 13.6 Å². The largest absolute Gasteiger partial charge is 0.385 e. The van der Waals surface area contributed by atoms with Crippen LogP contribution in [0.2, 0.25) is 0 Å². The van der Waals surface area contributed by atoms with E-state index in [0.717, 1.165) is 25.3 Å². The lowest BCUT2D eigenvalue weighted by Gasteiger charge is -2.47. The van der Waals surface area contributed by atoms with Gasteiger partial charge in [-0.2, -0.15) is 0 Å². The minimum atomic E-state index is -1.14. The van der Waals surface area contributed by atoms with Gasteiger partial charge in [-0.3, -0.25) is 4.79 Å². The molecule has 1 aliphatic heterocycles. The van der Waals surface area contributed by atoms with E-state index in [1.807, 2.05) is 7.05 Å². The molecule has 1 saturated carbocycles. The van der Waals surface area contributed by atoms with Gasteiger partial charge < -0.3 is 25.6 Å². The number of carbonyl (C=O) groups excluding carboxylic acids is 2. The van der Waals surface area contributed by atoms with E-state index in [4.69, 9.17) is 4.74 Å². The van der Waals surface area contributed by atoms with E-state index in [9.17, 15) is 14.0 Å². The smallest absolute Gasteiger partial charge is 0.317 e. The first-order chi connectivity index (χ1) is 19.3. The third-order valence-corrected chi connectivity index (χ3v) is 8.81. The molecule has 40 heavy (non-hydrogen) atoms. The molecule has 9 heteroatoms. The van der Waals surface area contributed by atoms with Crippen LogP contribution in [0.5, 0.6) is 0 Å². The van der Waals surface area contributed by atoms with Crippen LogP contribution in [-0.2, 0) is 15.1 Å². The van der Waals surface area contributed by atoms with Gasteiger partial charge in [-0.1, -0.05) is 51.2 Å². The van der Waals surface area contributed by atoms with Crippen molar-refractivity contribution in [2.24, 2.45) is 11.8 Å². The zero-order valence-electron chi connectivity index (χ0n) is 24.7. The first-order valence-electron chi connectivity index (χ1n) is 15.3. The number of amides is 3. The monoisotopic (exact) mass is 564 g/mol. The number of nitrogens with one attached hydrogen (secondary N) is 3. The molecule has 2 aliphatic rings. The van der Waals surface area contributed by atoms with Gasteiger partial charge in [-0.15, -0.1) is 0 Å². The molecular weight excluding hydrogens is 514 g/mol. The average Bonchev–Trinajstić information content (AvgIpc) is 2.96. The van der Waals surface area contributed by atoms with Gasteiger partial charge in [0.15, 0.2) is 11.6 Å². The van der Waals surface area contributed by atoms with E-state index in [1.54, 1.807) is 25.0 Å². The average molecular weight is 565 g/mol. The number of carbonyl (C=O) groups is 2. The van der Waals surface area contributed by atoms with Crippen molar-refractivity contribution in [3.8, 4) is 0 Å². The lowest BCUT2D eigenvalue weighted by atomic mass is 9.70. The number of likely N-dealkylation sites (tertiary alicyclic amines) is 1. The zero-order chi connectivity index (χ0) is 29.0. The normalized spacial score (nSPS) is 20.5. The van der Waals surface area contributed by atoms with Crippen molar-refractivity contribution in [3.05, 3.63) is 35.4 Å². The van der Waals surface area contributed by atoms with Gasteiger partial charge in [0.1, 0.15) is 0 Å². The van der Waals surface area contributed by atoms with Crippen molar-refractivity contribution in [3.63, 3.8) is 0 Å². The Labute approximate surface area is 239 Å². The lowest BCUT2D eigenvalue weighted by molar-refractivity contribution is -0.124. The molecule has 0 spiro atoms. The van der Waals surface area contributed by atoms with Crippen LogP contribution in [0.15, 0.2) is 18.2 Å². The number of unbranched alkanes of at least 4 members (excludes halogenated alkanes) is 1. The van der Waals surface area contributed by atoms with Crippen molar-refractivity contribution in [2.45, 2.75) is 95.6 Å². The Morgan fingerprint density at radius 2 is 1.90 bits per heavy atom. The number of piperidine rings is 1. The SMILES string of the molecule is CCC(=O)N[C@](CCCCOC)(c1cccc(F)c1F)[C@@H]1CCCN(C(=O)N[C@H](CNC)CC2CCCCC2)C1. The summed E-state index contributed by atoms with van der Waals surface area (Å²) in [6, 6.07) is 4.08. The van der Waals surface area contributed by atoms with Crippen molar-refractivity contribution < 1.29 is 23.1 Å². The van der Waals surface area contributed by atoms with Gasteiger partial charge in [0.2, 0.25) is 5.91 Å². The summed E-state index contributed by atoms with van der Waals surface area (Å²) in [6.07, 6.45) is 10.6. The summed E-state index contributed by atoms with van der Waals surface area (Å²) in [5.41, 5.74) is -0.984. The number of halogens is 2. The Bertz CT molecular complexity index is 943. The third-order valence-electron chi connectivity index (χ3n) is 8.81. The first-order valence-corrected chi connectivity index (χ1v) is 15.3. The molecule has 2 fully saturated rings. The second-order valence-corrected chi connectivity index (χ2v) is 11.7. The molecule has 226 valence electrons.